The summed E-state index contributed by atoms with van der Waals surface area (Å²) in [5.41, 5.74) is 0.0263. The molecule has 0 atom stereocenters. The highest BCUT2D eigenvalue weighted by molar-refractivity contribution is 5.94. The fraction of sp³-hybridized carbons (Fsp3) is 0.231. The van der Waals surface area contributed by atoms with E-state index in [0.29, 0.717) is 18.8 Å². The van der Waals surface area contributed by atoms with Crippen molar-refractivity contribution in [1.82, 2.24) is 9.88 Å². The SMILES string of the molecule is CCN(Cc1ccco1)C(=O)c1ccncc1F. The summed E-state index contributed by atoms with van der Waals surface area (Å²) in [4.78, 5) is 17.3. The number of furan rings is 1. The second-order valence-electron chi connectivity index (χ2n) is 3.75. The zero-order valence-electron chi connectivity index (χ0n) is 9.97. The predicted octanol–water partition coefficient (Wildman–Crippen LogP) is 2.48. The van der Waals surface area contributed by atoms with Gasteiger partial charge in [-0.3, -0.25) is 9.78 Å². The zero-order chi connectivity index (χ0) is 13.0. The summed E-state index contributed by atoms with van der Waals surface area (Å²) >= 11 is 0. The fourth-order valence-electron chi connectivity index (χ4n) is 1.64. The van der Waals surface area contributed by atoms with Crippen molar-refractivity contribution in [2.75, 3.05) is 6.54 Å². The van der Waals surface area contributed by atoms with Gasteiger partial charge in [-0.15, -0.1) is 0 Å². The van der Waals surface area contributed by atoms with E-state index >= 15 is 0 Å². The highest BCUT2D eigenvalue weighted by Crippen LogP contribution is 2.12. The number of carbonyl (C=O) groups is 1. The third kappa shape index (κ3) is 2.56. The quantitative estimate of drug-likeness (QED) is 0.835. The van der Waals surface area contributed by atoms with E-state index in [1.165, 1.54) is 17.2 Å². The van der Waals surface area contributed by atoms with Gasteiger partial charge < -0.3 is 9.32 Å². The Morgan fingerprint density at radius 1 is 1.50 bits per heavy atom. The number of carbonyl (C=O) groups excluding carboxylic acids is 1. The van der Waals surface area contributed by atoms with Crippen LogP contribution in [0.4, 0.5) is 4.39 Å². The van der Waals surface area contributed by atoms with Crippen LogP contribution < -0.4 is 0 Å². The minimum absolute atomic E-state index is 0.0263. The molecule has 0 spiro atoms. The molecule has 0 aliphatic heterocycles. The summed E-state index contributed by atoms with van der Waals surface area (Å²) in [6, 6.07) is 4.90. The van der Waals surface area contributed by atoms with Gasteiger partial charge in [0.25, 0.3) is 5.91 Å². The van der Waals surface area contributed by atoms with Gasteiger partial charge in [0.15, 0.2) is 5.82 Å². The van der Waals surface area contributed by atoms with E-state index in [0.717, 1.165) is 6.20 Å². The summed E-state index contributed by atoms with van der Waals surface area (Å²) in [5, 5.41) is 0. The summed E-state index contributed by atoms with van der Waals surface area (Å²) < 4.78 is 18.7. The van der Waals surface area contributed by atoms with E-state index in [1.54, 1.807) is 18.4 Å². The Labute approximate surface area is 104 Å². The molecule has 4 nitrogen and oxygen atoms in total. The summed E-state index contributed by atoms with van der Waals surface area (Å²) in [5.74, 6) is -0.311. The van der Waals surface area contributed by atoms with Crippen molar-refractivity contribution in [1.29, 1.82) is 0 Å². The zero-order valence-corrected chi connectivity index (χ0v) is 9.97. The highest BCUT2D eigenvalue weighted by Gasteiger charge is 2.18. The highest BCUT2D eigenvalue weighted by atomic mass is 19.1. The molecule has 0 saturated heterocycles. The van der Waals surface area contributed by atoms with Gasteiger partial charge in [0.05, 0.1) is 24.6 Å². The standard InChI is InChI=1S/C13H13FN2O2/c1-2-16(9-10-4-3-7-18-10)13(17)11-5-6-15-8-12(11)14/h3-8H,2,9H2,1H3. The molecule has 0 aliphatic rings. The molecule has 0 fully saturated rings. The van der Waals surface area contributed by atoms with Gasteiger partial charge in [0.2, 0.25) is 0 Å². The van der Waals surface area contributed by atoms with Crippen molar-refractivity contribution in [2.45, 2.75) is 13.5 Å². The number of hydrogen-bond acceptors (Lipinski definition) is 3. The third-order valence-corrected chi connectivity index (χ3v) is 2.60. The number of hydrogen-bond donors (Lipinski definition) is 0. The first kappa shape index (κ1) is 12.3. The van der Waals surface area contributed by atoms with Gasteiger partial charge >= 0.3 is 0 Å². The van der Waals surface area contributed by atoms with Crippen LogP contribution in [0.1, 0.15) is 23.0 Å². The molecular weight excluding hydrogens is 235 g/mol. The van der Waals surface area contributed by atoms with Crippen LogP contribution in [0, 0.1) is 5.82 Å². The molecule has 2 heterocycles. The molecule has 5 heteroatoms. The maximum atomic E-state index is 13.5. The normalized spacial score (nSPS) is 10.3. The first-order valence-corrected chi connectivity index (χ1v) is 5.63. The molecular formula is C13H13FN2O2. The second-order valence-corrected chi connectivity index (χ2v) is 3.75. The van der Waals surface area contributed by atoms with Crippen LogP contribution in [0.25, 0.3) is 0 Å². The maximum absolute atomic E-state index is 13.5. The first-order valence-electron chi connectivity index (χ1n) is 5.63. The van der Waals surface area contributed by atoms with E-state index in [1.807, 2.05) is 6.92 Å². The van der Waals surface area contributed by atoms with Crippen LogP contribution in [-0.2, 0) is 6.54 Å². The van der Waals surface area contributed by atoms with Crippen molar-refractivity contribution >= 4 is 5.91 Å². The molecule has 0 aliphatic carbocycles. The third-order valence-electron chi connectivity index (χ3n) is 2.60. The molecule has 0 aromatic carbocycles. The van der Waals surface area contributed by atoms with Crippen molar-refractivity contribution in [3.05, 3.63) is 54.0 Å². The van der Waals surface area contributed by atoms with Gasteiger partial charge in [-0.25, -0.2) is 4.39 Å². The van der Waals surface area contributed by atoms with E-state index < -0.39 is 5.82 Å². The average Bonchev–Trinajstić information content (AvgIpc) is 2.88. The molecule has 0 saturated carbocycles. The lowest BCUT2D eigenvalue weighted by Crippen LogP contribution is -2.30. The smallest absolute Gasteiger partial charge is 0.257 e. The van der Waals surface area contributed by atoms with Crippen molar-refractivity contribution in [2.24, 2.45) is 0 Å². The number of pyridine rings is 1. The molecule has 2 aromatic heterocycles. The Hall–Kier alpha value is -2.17. The average molecular weight is 248 g/mol. The van der Waals surface area contributed by atoms with Crippen LogP contribution in [0.2, 0.25) is 0 Å². The Balaban J connectivity index is 2.18. The Morgan fingerprint density at radius 2 is 2.33 bits per heavy atom. The molecule has 1 amide bonds. The summed E-state index contributed by atoms with van der Waals surface area (Å²) in [7, 11) is 0. The fourth-order valence-corrected chi connectivity index (χ4v) is 1.64. The van der Waals surface area contributed by atoms with Gasteiger partial charge in [-0.2, -0.15) is 0 Å². The van der Waals surface area contributed by atoms with E-state index in [-0.39, 0.29) is 11.5 Å². The summed E-state index contributed by atoms with van der Waals surface area (Å²) in [6.45, 7) is 2.63. The Bertz CT molecular complexity index is 526. The van der Waals surface area contributed by atoms with E-state index in [2.05, 4.69) is 4.98 Å². The van der Waals surface area contributed by atoms with Gasteiger partial charge in [-0.1, -0.05) is 0 Å². The molecule has 94 valence electrons. The van der Waals surface area contributed by atoms with E-state index in [9.17, 15) is 9.18 Å². The van der Waals surface area contributed by atoms with Crippen LogP contribution in [-0.4, -0.2) is 22.3 Å². The van der Waals surface area contributed by atoms with Crippen LogP contribution in [0.3, 0.4) is 0 Å². The monoisotopic (exact) mass is 248 g/mol. The lowest BCUT2D eigenvalue weighted by molar-refractivity contribution is 0.0736. The molecule has 18 heavy (non-hydrogen) atoms. The van der Waals surface area contributed by atoms with Crippen LogP contribution in [0.5, 0.6) is 0 Å². The molecule has 2 aromatic rings. The number of amides is 1. The number of rotatable bonds is 4. The number of nitrogens with zero attached hydrogens (tertiary/aromatic N) is 2. The maximum Gasteiger partial charge on any atom is 0.257 e. The minimum Gasteiger partial charge on any atom is -0.467 e. The van der Waals surface area contributed by atoms with Crippen molar-refractivity contribution in [3.63, 3.8) is 0 Å². The van der Waals surface area contributed by atoms with Crippen molar-refractivity contribution < 1.29 is 13.6 Å². The number of halogens is 1. The van der Waals surface area contributed by atoms with Crippen LogP contribution >= 0.6 is 0 Å². The largest absolute Gasteiger partial charge is 0.467 e. The lowest BCUT2D eigenvalue weighted by Gasteiger charge is -2.19. The first-order chi connectivity index (χ1) is 8.72. The number of aromatic nitrogens is 1. The molecule has 0 bridgehead atoms. The lowest BCUT2D eigenvalue weighted by atomic mass is 10.2. The molecule has 0 radical (unpaired) electrons. The minimum atomic E-state index is -0.611. The van der Waals surface area contributed by atoms with Crippen LogP contribution in [0.15, 0.2) is 41.3 Å². The topological polar surface area (TPSA) is 46.3 Å². The van der Waals surface area contributed by atoms with Gasteiger partial charge in [-0.05, 0) is 25.1 Å². The molecule has 0 unspecified atom stereocenters. The summed E-state index contributed by atoms with van der Waals surface area (Å²) in [6.07, 6.45) is 3.98. The van der Waals surface area contributed by atoms with Gasteiger partial charge in [0.1, 0.15) is 5.76 Å². The predicted molar refractivity (Wildman–Crippen MR) is 63.3 cm³/mol. The Morgan fingerprint density at radius 3 is 2.94 bits per heavy atom. The molecule has 0 N–H and O–H groups in total. The molecule has 2 rings (SSSR count). The Kier molecular flexibility index (Phi) is 3.72. The second kappa shape index (κ2) is 5.44. The van der Waals surface area contributed by atoms with Crippen molar-refractivity contribution in [3.8, 4) is 0 Å². The van der Waals surface area contributed by atoms with E-state index in [4.69, 9.17) is 4.42 Å². The van der Waals surface area contributed by atoms with Gasteiger partial charge in [0, 0.05) is 12.7 Å².